The molecule has 30 heavy (non-hydrogen) atoms. The third kappa shape index (κ3) is 6.00. The first-order valence-electron chi connectivity index (χ1n) is 8.55. The molecular formula is C21H19KN2O5S. The fraction of sp³-hybridized carbons (Fsp3) is 0.0476. The Morgan fingerprint density at radius 3 is 2.33 bits per heavy atom. The second-order valence-corrected chi connectivity index (χ2v) is 7.94. The number of carboxylic acids is 1. The Morgan fingerprint density at radius 2 is 1.70 bits per heavy atom. The molecule has 0 fully saturated rings. The van der Waals surface area contributed by atoms with Crippen LogP contribution in [0.25, 0.3) is 12.2 Å². The van der Waals surface area contributed by atoms with Gasteiger partial charge in [-0.2, -0.15) is 0 Å². The van der Waals surface area contributed by atoms with E-state index < -0.39 is 16.0 Å². The van der Waals surface area contributed by atoms with Gasteiger partial charge in [0.2, 0.25) is 0 Å². The zero-order valence-corrected chi connectivity index (χ0v) is 20.3. The van der Waals surface area contributed by atoms with Gasteiger partial charge in [-0.15, -0.1) is 0 Å². The van der Waals surface area contributed by atoms with Gasteiger partial charge in [-0.25, -0.2) is 18.2 Å². The van der Waals surface area contributed by atoms with E-state index in [0.717, 1.165) is 5.56 Å². The molecule has 9 heteroatoms. The molecule has 1 aromatic heterocycles. The van der Waals surface area contributed by atoms with Crippen molar-refractivity contribution in [1.29, 1.82) is 0 Å². The molecule has 0 atom stereocenters. The van der Waals surface area contributed by atoms with Crippen molar-refractivity contribution in [3.05, 3.63) is 83.0 Å². The van der Waals surface area contributed by atoms with Crippen LogP contribution in [0.5, 0.6) is 5.75 Å². The summed E-state index contributed by atoms with van der Waals surface area (Å²) in [7, 11) is -3.77. The molecule has 1 heterocycles. The van der Waals surface area contributed by atoms with Crippen LogP contribution in [-0.4, -0.2) is 29.6 Å². The van der Waals surface area contributed by atoms with Crippen LogP contribution in [0.3, 0.4) is 0 Å². The molecule has 2 aromatic carbocycles. The van der Waals surface area contributed by atoms with Crippen LogP contribution < -0.4 is 56.1 Å². The van der Waals surface area contributed by atoms with Gasteiger partial charge in [0.1, 0.15) is 17.1 Å². The molecule has 0 aliphatic carbocycles. The van der Waals surface area contributed by atoms with Crippen molar-refractivity contribution in [2.75, 3.05) is 4.72 Å². The van der Waals surface area contributed by atoms with E-state index in [1.54, 1.807) is 49.4 Å². The van der Waals surface area contributed by atoms with E-state index in [1.807, 2.05) is 0 Å². The van der Waals surface area contributed by atoms with Gasteiger partial charge >= 0.3 is 57.4 Å². The SMILES string of the molecule is Cc1cccnc1NS(=O)(=O)c1ccc(C=Cc2ccc(O)c(C(=O)O)c2)cc1.[H-].[K+]. The number of sulfonamides is 1. The van der Waals surface area contributed by atoms with E-state index in [4.69, 9.17) is 5.11 Å². The number of aromatic hydroxyl groups is 1. The van der Waals surface area contributed by atoms with Gasteiger partial charge in [-0.05, 0) is 53.9 Å². The Morgan fingerprint density at radius 1 is 1.07 bits per heavy atom. The van der Waals surface area contributed by atoms with E-state index in [9.17, 15) is 18.3 Å². The second kappa shape index (κ2) is 10.3. The molecule has 0 radical (unpaired) electrons. The fourth-order valence-electron chi connectivity index (χ4n) is 2.56. The smallest absolute Gasteiger partial charge is 1.00 e. The predicted octanol–water partition coefficient (Wildman–Crippen LogP) is 0.882. The quantitative estimate of drug-likeness (QED) is 0.379. The first-order chi connectivity index (χ1) is 13.8. The Kier molecular flexibility index (Phi) is 8.36. The Balaban J connectivity index is 0.00000240. The van der Waals surface area contributed by atoms with Crippen LogP contribution in [0.1, 0.15) is 28.5 Å². The number of carbonyl (C=O) groups is 1. The summed E-state index contributed by atoms with van der Waals surface area (Å²) in [5.41, 5.74) is 1.84. The number of nitrogens with zero attached hydrogens (tertiary/aromatic N) is 1. The molecule has 0 aliphatic rings. The van der Waals surface area contributed by atoms with Crippen molar-refractivity contribution in [2.24, 2.45) is 0 Å². The summed E-state index contributed by atoms with van der Waals surface area (Å²) in [6.07, 6.45) is 4.90. The second-order valence-electron chi connectivity index (χ2n) is 6.26. The van der Waals surface area contributed by atoms with Crippen LogP contribution >= 0.6 is 0 Å². The van der Waals surface area contributed by atoms with E-state index in [1.165, 1.54) is 30.5 Å². The minimum Gasteiger partial charge on any atom is -1.00 e. The molecule has 0 saturated heterocycles. The average Bonchev–Trinajstić information content (AvgIpc) is 2.69. The van der Waals surface area contributed by atoms with Gasteiger partial charge in [0.05, 0.1) is 4.90 Å². The van der Waals surface area contributed by atoms with Crippen molar-refractivity contribution < 1.29 is 76.2 Å². The van der Waals surface area contributed by atoms with Gasteiger partial charge in [0.15, 0.2) is 0 Å². The number of anilines is 1. The van der Waals surface area contributed by atoms with Crippen LogP contribution in [-0.2, 0) is 10.0 Å². The molecule has 3 N–H and O–H groups in total. The average molecular weight is 451 g/mol. The summed E-state index contributed by atoms with van der Waals surface area (Å²) in [4.78, 5) is 15.2. The molecule has 150 valence electrons. The maximum atomic E-state index is 12.5. The molecule has 0 saturated carbocycles. The monoisotopic (exact) mass is 450 g/mol. The van der Waals surface area contributed by atoms with Crippen LogP contribution in [0.4, 0.5) is 5.82 Å². The van der Waals surface area contributed by atoms with E-state index in [2.05, 4.69) is 9.71 Å². The van der Waals surface area contributed by atoms with E-state index >= 15 is 0 Å². The molecule has 0 amide bonds. The Hall–Kier alpha value is -2.01. The number of rotatable bonds is 6. The standard InChI is InChI=1S/C21H18N2O5S.K.H/c1-14-3-2-12-22-20(14)23-29(27,28)17-9-6-15(7-10-17)4-5-16-8-11-19(24)18(13-16)21(25)26;;/h2-13,24H,1H3,(H,22,23)(H,25,26);;/q;+1;-1. The summed E-state index contributed by atoms with van der Waals surface area (Å²) in [5, 5.41) is 18.6. The minimum absolute atomic E-state index is 0. The summed E-state index contributed by atoms with van der Waals surface area (Å²) in [6, 6.07) is 13.9. The van der Waals surface area contributed by atoms with Gasteiger partial charge in [0.25, 0.3) is 10.0 Å². The number of benzene rings is 2. The van der Waals surface area contributed by atoms with E-state index in [-0.39, 0.29) is 74.8 Å². The number of aromatic nitrogens is 1. The predicted molar refractivity (Wildman–Crippen MR) is 111 cm³/mol. The fourth-order valence-corrected chi connectivity index (χ4v) is 3.64. The van der Waals surface area contributed by atoms with Crippen LogP contribution in [0.2, 0.25) is 0 Å². The number of aryl methyl sites for hydroxylation is 1. The number of hydrogen-bond donors (Lipinski definition) is 3. The number of phenols is 1. The summed E-state index contributed by atoms with van der Waals surface area (Å²) in [6.45, 7) is 1.76. The molecule has 0 unspecified atom stereocenters. The molecule has 3 aromatic rings. The molecule has 3 rings (SSSR count). The number of carboxylic acid groups (broad SMARTS) is 1. The number of pyridine rings is 1. The minimum atomic E-state index is -3.77. The van der Waals surface area contributed by atoms with Gasteiger partial charge < -0.3 is 11.6 Å². The third-order valence-corrected chi connectivity index (χ3v) is 5.50. The largest absolute Gasteiger partial charge is 1.00 e. The topological polar surface area (TPSA) is 117 Å². The Bertz CT molecular complexity index is 1200. The maximum Gasteiger partial charge on any atom is 1.00 e. The summed E-state index contributed by atoms with van der Waals surface area (Å²) in [5.74, 6) is -1.25. The zero-order chi connectivity index (χ0) is 21.0. The third-order valence-electron chi connectivity index (χ3n) is 4.15. The van der Waals surface area contributed by atoms with Crippen molar-refractivity contribution in [2.45, 2.75) is 11.8 Å². The molecule has 0 spiro atoms. The van der Waals surface area contributed by atoms with Crippen molar-refractivity contribution in [3.63, 3.8) is 0 Å². The zero-order valence-electron chi connectivity index (χ0n) is 17.4. The van der Waals surface area contributed by atoms with Gasteiger partial charge in [0, 0.05) is 6.20 Å². The first kappa shape index (κ1) is 24.3. The Labute approximate surface area is 218 Å². The molecular weight excluding hydrogens is 431 g/mol. The summed E-state index contributed by atoms with van der Waals surface area (Å²) >= 11 is 0. The molecule has 0 aliphatic heterocycles. The normalized spacial score (nSPS) is 11.1. The molecule has 0 bridgehead atoms. The van der Waals surface area contributed by atoms with Crippen molar-refractivity contribution in [1.82, 2.24) is 4.98 Å². The molecule has 7 nitrogen and oxygen atoms in total. The van der Waals surface area contributed by atoms with Crippen LogP contribution in [0, 0.1) is 6.92 Å². The summed E-state index contributed by atoms with van der Waals surface area (Å²) < 4.78 is 27.5. The number of nitrogens with one attached hydrogen (secondary N) is 1. The van der Waals surface area contributed by atoms with Crippen molar-refractivity contribution in [3.8, 4) is 5.75 Å². The van der Waals surface area contributed by atoms with Gasteiger partial charge in [-0.1, -0.05) is 36.4 Å². The van der Waals surface area contributed by atoms with E-state index in [0.29, 0.717) is 11.1 Å². The first-order valence-corrected chi connectivity index (χ1v) is 10.0. The number of hydrogen-bond acceptors (Lipinski definition) is 5. The maximum absolute atomic E-state index is 12.5. The van der Waals surface area contributed by atoms with Crippen molar-refractivity contribution >= 4 is 34.0 Å². The van der Waals surface area contributed by atoms with Gasteiger partial charge in [-0.3, -0.25) is 4.72 Å². The van der Waals surface area contributed by atoms with Crippen LogP contribution in [0.15, 0.2) is 65.7 Å². The number of aromatic carboxylic acids is 1.